The first-order chi connectivity index (χ1) is 11.7. The maximum Gasteiger partial charge on any atom is 0.314 e. The summed E-state index contributed by atoms with van der Waals surface area (Å²) in [5.41, 5.74) is 1.72. The Hall–Kier alpha value is -2.36. The lowest BCUT2D eigenvalue weighted by molar-refractivity contribution is -0.138. The molecule has 0 amide bonds. The van der Waals surface area contributed by atoms with E-state index in [-0.39, 0.29) is 11.9 Å². The van der Waals surface area contributed by atoms with Gasteiger partial charge in [0.25, 0.3) is 0 Å². The van der Waals surface area contributed by atoms with E-state index >= 15 is 0 Å². The van der Waals surface area contributed by atoms with E-state index in [2.05, 4.69) is 11.9 Å². The molecule has 0 saturated heterocycles. The van der Waals surface area contributed by atoms with Crippen LogP contribution in [0.4, 0.5) is 0 Å². The van der Waals surface area contributed by atoms with Gasteiger partial charge in [-0.3, -0.25) is 9.78 Å². The third-order valence-electron chi connectivity index (χ3n) is 3.94. The van der Waals surface area contributed by atoms with E-state index in [4.69, 9.17) is 9.47 Å². The van der Waals surface area contributed by atoms with Crippen molar-refractivity contribution in [2.24, 2.45) is 5.92 Å². The van der Waals surface area contributed by atoms with Gasteiger partial charge in [0, 0.05) is 17.3 Å². The summed E-state index contributed by atoms with van der Waals surface area (Å²) < 4.78 is 11.5. The normalized spacial score (nSPS) is 11.8. The van der Waals surface area contributed by atoms with Crippen LogP contribution < -0.4 is 9.47 Å². The highest BCUT2D eigenvalue weighted by molar-refractivity contribution is 5.81. The van der Waals surface area contributed by atoms with Crippen molar-refractivity contribution in [1.82, 2.24) is 4.98 Å². The zero-order chi connectivity index (χ0) is 17.4. The van der Waals surface area contributed by atoms with E-state index in [1.807, 2.05) is 44.2 Å². The first-order valence-corrected chi connectivity index (χ1v) is 8.55. The summed E-state index contributed by atoms with van der Waals surface area (Å²) in [5.74, 6) is 0.913. The van der Waals surface area contributed by atoms with Crippen LogP contribution in [0.1, 0.15) is 40.0 Å². The molecular weight excluding hydrogens is 302 g/mol. The summed E-state index contributed by atoms with van der Waals surface area (Å²) in [6.45, 7) is 6.61. The molecule has 0 spiro atoms. The van der Waals surface area contributed by atoms with Crippen molar-refractivity contribution in [3.05, 3.63) is 42.7 Å². The van der Waals surface area contributed by atoms with Crippen LogP contribution in [0.3, 0.4) is 0 Å². The van der Waals surface area contributed by atoms with Crippen molar-refractivity contribution in [3.8, 4) is 22.6 Å². The largest absolute Gasteiger partial charge is 0.491 e. The third-order valence-corrected chi connectivity index (χ3v) is 3.94. The molecule has 0 fully saturated rings. The van der Waals surface area contributed by atoms with Crippen LogP contribution in [-0.4, -0.2) is 17.6 Å². The van der Waals surface area contributed by atoms with E-state index in [0.717, 1.165) is 30.4 Å². The Morgan fingerprint density at radius 3 is 2.62 bits per heavy atom. The fourth-order valence-electron chi connectivity index (χ4n) is 2.20. The highest BCUT2D eigenvalue weighted by Gasteiger charge is 2.17. The maximum absolute atomic E-state index is 12.2. The van der Waals surface area contributed by atoms with E-state index in [1.54, 1.807) is 12.4 Å². The molecule has 2 rings (SSSR count). The second-order valence-electron chi connectivity index (χ2n) is 5.80. The predicted octanol–water partition coefficient (Wildman–Crippen LogP) is 4.88. The highest BCUT2D eigenvalue weighted by atomic mass is 16.5. The molecular formula is C20H25NO3. The van der Waals surface area contributed by atoms with Crippen molar-refractivity contribution in [2.45, 2.75) is 40.0 Å². The monoisotopic (exact) mass is 327 g/mol. The smallest absolute Gasteiger partial charge is 0.314 e. The fourth-order valence-corrected chi connectivity index (χ4v) is 2.20. The van der Waals surface area contributed by atoms with Gasteiger partial charge in [-0.1, -0.05) is 45.4 Å². The number of unbranched alkanes of at least 4 members (excludes halogenated alkanes) is 1. The van der Waals surface area contributed by atoms with Gasteiger partial charge < -0.3 is 9.47 Å². The Morgan fingerprint density at radius 1 is 1.12 bits per heavy atom. The minimum Gasteiger partial charge on any atom is -0.491 e. The van der Waals surface area contributed by atoms with Crippen molar-refractivity contribution < 1.29 is 14.3 Å². The van der Waals surface area contributed by atoms with Crippen molar-refractivity contribution in [2.75, 3.05) is 6.61 Å². The molecule has 4 heteroatoms. The van der Waals surface area contributed by atoms with Crippen LogP contribution in [0.5, 0.6) is 11.5 Å². The number of pyridine rings is 1. The van der Waals surface area contributed by atoms with Gasteiger partial charge in [-0.15, -0.1) is 0 Å². The number of hydrogen-bond acceptors (Lipinski definition) is 4. The predicted molar refractivity (Wildman–Crippen MR) is 95.2 cm³/mol. The third kappa shape index (κ3) is 4.57. The quantitative estimate of drug-likeness (QED) is 0.394. The maximum atomic E-state index is 12.2. The van der Waals surface area contributed by atoms with Crippen LogP contribution in [0.2, 0.25) is 0 Å². The molecule has 1 atom stereocenters. The number of carbonyl (C=O) groups is 1. The summed E-state index contributed by atoms with van der Waals surface area (Å²) >= 11 is 0. The van der Waals surface area contributed by atoms with Crippen LogP contribution in [0.15, 0.2) is 42.7 Å². The summed E-state index contributed by atoms with van der Waals surface area (Å²) in [4.78, 5) is 16.3. The number of ether oxygens (including phenoxy) is 2. The van der Waals surface area contributed by atoms with Gasteiger partial charge in [-0.25, -0.2) is 0 Å². The lowest BCUT2D eigenvalue weighted by Gasteiger charge is -2.15. The number of aromatic nitrogens is 1. The average Bonchev–Trinajstić information content (AvgIpc) is 2.62. The van der Waals surface area contributed by atoms with Gasteiger partial charge >= 0.3 is 5.97 Å². The molecule has 0 bridgehead atoms. The molecule has 0 aliphatic heterocycles. The number of hydrogen-bond donors (Lipinski definition) is 0. The second kappa shape index (κ2) is 9.06. The van der Waals surface area contributed by atoms with Gasteiger partial charge in [0.2, 0.25) is 0 Å². The minimum absolute atomic E-state index is 0.129. The zero-order valence-corrected chi connectivity index (χ0v) is 14.6. The standard InChI is InChI=1S/C20H25NO3/c1-4-6-13-23-19-14-21-12-11-17(19)16-9-7-8-10-18(16)24-20(22)15(3)5-2/h7-12,14-15H,4-6,13H2,1-3H3. The highest BCUT2D eigenvalue weighted by Crippen LogP contribution is 2.36. The fraction of sp³-hybridized carbons (Fsp3) is 0.400. The van der Waals surface area contributed by atoms with Gasteiger partial charge in [0.05, 0.1) is 18.7 Å². The molecule has 2 aromatic rings. The second-order valence-corrected chi connectivity index (χ2v) is 5.80. The molecule has 1 heterocycles. The number of nitrogens with zero attached hydrogens (tertiary/aromatic N) is 1. The van der Waals surface area contributed by atoms with Crippen LogP contribution in [-0.2, 0) is 4.79 Å². The Bertz CT molecular complexity index is 669. The molecule has 1 aromatic heterocycles. The molecule has 0 aliphatic carbocycles. The Morgan fingerprint density at radius 2 is 1.88 bits per heavy atom. The number of carbonyl (C=O) groups excluding carboxylic acids is 1. The Kier molecular flexibility index (Phi) is 6.79. The van der Waals surface area contributed by atoms with Crippen LogP contribution in [0, 0.1) is 5.92 Å². The summed E-state index contributed by atoms with van der Waals surface area (Å²) in [5, 5.41) is 0. The molecule has 0 saturated carbocycles. The molecule has 0 aliphatic rings. The van der Waals surface area contributed by atoms with Gasteiger partial charge in [-0.2, -0.15) is 0 Å². The van der Waals surface area contributed by atoms with Crippen molar-refractivity contribution >= 4 is 5.97 Å². The molecule has 4 nitrogen and oxygen atoms in total. The molecule has 128 valence electrons. The number of esters is 1. The molecule has 1 unspecified atom stereocenters. The number of para-hydroxylation sites is 1. The zero-order valence-electron chi connectivity index (χ0n) is 14.6. The summed E-state index contributed by atoms with van der Waals surface area (Å²) in [7, 11) is 0. The first kappa shape index (κ1) is 18.0. The van der Waals surface area contributed by atoms with Crippen molar-refractivity contribution in [1.29, 1.82) is 0 Å². The Labute approximate surface area is 143 Å². The van der Waals surface area contributed by atoms with E-state index < -0.39 is 0 Å². The van der Waals surface area contributed by atoms with Crippen molar-refractivity contribution in [3.63, 3.8) is 0 Å². The van der Waals surface area contributed by atoms with E-state index in [1.165, 1.54) is 0 Å². The van der Waals surface area contributed by atoms with E-state index in [9.17, 15) is 4.79 Å². The number of benzene rings is 1. The van der Waals surface area contributed by atoms with Gasteiger partial charge in [0.1, 0.15) is 11.5 Å². The Balaban J connectivity index is 2.31. The topological polar surface area (TPSA) is 48.4 Å². The van der Waals surface area contributed by atoms with E-state index in [0.29, 0.717) is 18.1 Å². The molecule has 0 radical (unpaired) electrons. The lowest BCUT2D eigenvalue weighted by Crippen LogP contribution is -2.17. The minimum atomic E-state index is -0.215. The van der Waals surface area contributed by atoms with Crippen LogP contribution >= 0.6 is 0 Å². The van der Waals surface area contributed by atoms with Gasteiger partial charge in [-0.05, 0) is 25.0 Å². The summed E-state index contributed by atoms with van der Waals surface area (Å²) in [6.07, 6.45) is 6.23. The molecule has 1 aromatic carbocycles. The summed E-state index contributed by atoms with van der Waals surface area (Å²) in [6, 6.07) is 9.41. The molecule has 0 N–H and O–H groups in total. The average molecular weight is 327 g/mol. The van der Waals surface area contributed by atoms with Gasteiger partial charge in [0.15, 0.2) is 0 Å². The SMILES string of the molecule is CCCCOc1cnccc1-c1ccccc1OC(=O)C(C)CC. The number of rotatable bonds is 8. The first-order valence-electron chi connectivity index (χ1n) is 8.55. The lowest BCUT2D eigenvalue weighted by atomic mass is 10.0. The molecule has 24 heavy (non-hydrogen) atoms. The van der Waals surface area contributed by atoms with Crippen LogP contribution in [0.25, 0.3) is 11.1 Å².